The van der Waals surface area contributed by atoms with Gasteiger partial charge >= 0.3 is 0 Å². The lowest BCUT2D eigenvalue weighted by Gasteiger charge is -2.37. The Kier molecular flexibility index (Phi) is 4.66. The predicted octanol–water partition coefficient (Wildman–Crippen LogP) is 2.64. The van der Waals surface area contributed by atoms with Crippen molar-refractivity contribution in [2.45, 2.75) is 64.5 Å². The largest absolute Gasteiger partial charge is 0.312 e. The van der Waals surface area contributed by atoms with E-state index < -0.39 is 0 Å². The maximum atomic E-state index is 3.71. The lowest BCUT2D eigenvalue weighted by molar-refractivity contribution is 0.121. The summed E-state index contributed by atoms with van der Waals surface area (Å²) in [5.74, 6) is 0.911. The lowest BCUT2D eigenvalue weighted by atomic mass is 9.97. The molecule has 2 rings (SSSR count). The van der Waals surface area contributed by atoms with Crippen LogP contribution >= 0.6 is 0 Å². The van der Waals surface area contributed by atoms with E-state index in [-0.39, 0.29) is 0 Å². The Morgan fingerprint density at radius 3 is 2.75 bits per heavy atom. The van der Waals surface area contributed by atoms with Gasteiger partial charge in [-0.15, -0.1) is 0 Å². The zero-order valence-corrected chi connectivity index (χ0v) is 11.0. The van der Waals surface area contributed by atoms with Gasteiger partial charge in [-0.3, -0.25) is 4.90 Å². The van der Waals surface area contributed by atoms with Crippen molar-refractivity contribution in [3.05, 3.63) is 0 Å². The molecule has 0 aromatic rings. The molecular weight excluding hydrogens is 196 g/mol. The van der Waals surface area contributed by atoms with Crippen LogP contribution in [0.15, 0.2) is 0 Å². The Hall–Kier alpha value is -0.0800. The third-order valence-corrected chi connectivity index (χ3v) is 4.05. The van der Waals surface area contributed by atoms with Gasteiger partial charge in [0, 0.05) is 25.2 Å². The quantitative estimate of drug-likeness (QED) is 0.746. The summed E-state index contributed by atoms with van der Waals surface area (Å²) in [7, 11) is 0. The summed E-state index contributed by atoms with van der Waals surface area (Å²) < 4.78 is 0. The van der Waals surface area contributed by atoms with Crippen LogP contribution in [0.2, 0.25) is 0 Å². The normalized spacial score (nSPS) is 29.2. The molecule has 0 radical (unpaired) electrons. The third kappa shape index (κ3) is 3.74. The zero-order chi connectivity index (χ0) is 11.4. The SMILES string of the molecule is CCCC(CNC1CC1)N1CCCC(C)C1. The molecule has 1 heterocycles. The summed E-state index contributed by atoms with van der Waals surface area (Å²) in [6, 6.07) is 1.66. The maximum absolute atomic E-state index is 3.71. The number of nitrogens with zero attached hydrogens (tertiary/aromatic N) is 1. The van der Waals surface area contributed by atoms with Crippen molar-refractivity contribution in [2.75, 3.05) is 19.6 Å². The Labute approximate surface area is 101 Å². The number of rotatable bonds is 6. The second-order valence-corrected chi connectivity index (χ2v) is 5.87. The standard InChI is InChI=1S/C14H28N2/c1-3-5-14(10-15-13-7-8-13)16-9-4-6-12(2)11-16/h12-15H,3-11H2,1-2H3. The molecule has 0 spiro atoms. The van der Waals surface area contributed by atoms with Crippen molar-refractivity contribution < 1.29 is 0 Å². The van der Waals surface area contributed by atoms with Crippen molar-refractivity contribution in [3.63, 3.8) is 0 Å². The summed E-state index contributed by atoms with van der Waals surface area (Å²) in [6.45, 7) is 8.62. The van der Waals surface area contributed by atoms with Gasteiger partial charge in [-0.05, 0) is 44.6 Å². The molecule has 1 aliphatic carbocycles. The van der Waals surface area contributed by atoms with Gasteiger partial charge in [0.05, 0.1) is 0 Å². The van der Waals surface area contributed by atoms with Crippen LogP contribution in [0, 0.1) is 5.92 Å². The fourth-order valence-electron chi connectivity index (χ4n) is 2.89. The Morgan fingerprint density at radius 2 is 2.12 bits per heavy atom. The molecule has 2 nitrogen and oxygen atoms in total. The molecule has 16 heavy (non-hydrogen) atoms. The molecule has 2 fully saturated rings. The van der Waals surface area contributed by atoms with Crippen LogP contribution in [0.1, 0.15) is 52.4 Å². The smallest absolute Gasteiger partial charge is 0.0220 e. The van der Waals surface area contributed by atoms with Crippen LogP contribution < -0.4 is 5.32 Å². The molecule has 2 heteroatoms. The fourth-order valence-corrected chi connectivity index (χ4v) is 2.89. The number of nitrogens with one attached hydrogen (secondary N) is 1. The topological polar surface area (TPSA) is 15.3 Å². The maximum Gasteiger partial charge on any atom is 0.0220 e. The molecule has 0 aromatic heterocycles. The van der Waals surface area contributed by atoms with Crippen molar-refractivity contribution in [3.8, 4) is 0 Å². The van der Waals surface area contributed by atoms with Gasteiger partial charge in [-0.1, -0.05) is 20.3 Å². The Bertz CT molecular complexity index is 201. The van der Waals surface area contributed by atoms with Crippen LogP contribution in [-0.2, 0) is 0 Å². The molecule has 1 saturated carbocycles. The van der Waals surface area contributed by atoms with Crippen molar-refractivity contribution in [1.82, 2.24) is 10.2 Å². The number of likely N-dealkylation sites (tertiary alicyclic amines) is 1. The summed E-state index contributed by atoms with van der Waals surface area (Å²) in [6.07, 6.45) is 8.36. The molecule has 0 bridgehead atoms. The lowest BCUT2D eigenvalue weighted by Crippen LogP contribution is -2.47. The number of piperidine rings is 1. The van der Waals surface area contributed by atoms with E-state index in [2.05, 4.69) is 24.1 Å². The average molecular weight is 224 g/mol. The summed E-state index contributed by atoms with van der Waals surface area (Å²) in [5, 5.41) is 3.71. The van der Waals surface area contributed by atoms with E-state index in [1.807, 2.05) is 0 Å². The van der Waals surface area contributed by atoms with Crippen molar-refractivity contribution in [1.29, 1.82) is 0 Å². The van der Waals surface area contributed by atoms with Gasteiger partial charge in [-0.25, -0.2) is 0 Å². The van der Waals surface area contributed by atoms with Gasteiger partial charge in [0.25, 0.3) is 0 Å². The first-order valence-corrected chi connectivity index (χ1v) is 7.27. The van der Waals surface area contributed by atoms with Crippen LogP contribution in [0.3, 0.4) is 0 Å². The van der Waals surface area contributed by atoms with Gasteiger partial charge in [-0.2, -0.15) is 0 Å². The van der Waals surface area contributed by atoms with Gasteiger partial charge < -0.3 is 5.32 Å². The van der Waals surface area contributed by atoms with Gasteiger partial charge in [0.1, 0.15) is 0 Å². The van der Waals surface area contributed by atoms with E-state index >= 15 is 0 Å². The zero-order valence-electron chi connectivity index (χ0n) is 11.0. The van der Waals surface area contributed by atoms with E-state index in [0.717, 1.165) is 18.0 Å². The summed E-state index contributed by atoms with van der Waals surface area (Å²) >= 11 is 0. The van der Waals surface area contributed by atoms with E-state index in [1.54, 1.807) is 0 Å². The molecule has 2 unspecified atom stereocenters. The van der Waals surface area contributed by atoms with E-state index in [4.69, 9.17) is 0 Å². The summed E-state index contributed by atoms with van der Waals surface area (Å²) in [5.41, 5.74) is 0. The second-order valence-electron chi connectivity index (χ2n) is 5.87. The van der Waals surface area contributed by atoms with E-state index in [1.165, 1.54) is 58.2 Å². The van der Waals surface area contributed by atoms with Crippen LogP contribution in [-0.4, -0.2) is 36.6 Å². The highest BCUT2D eigenvalue weighted by Gasteiger charge is 2.26. The molecular formula is C14H28N2. The highest BCUT2D eigenvalue weighted by atomic mass is 15.2. The molecule has 1 saturated heterocycles. The number of hydrogen-bond donors (Lipinski definition) is 1. The van der Waals surface area contributed by atoms with Gasteiger partial charge in [0.2, 0.25) is 0 Å². The van der Waals surface area contributed by atoms with Crippen LogP contribution in [0.5, 0.6) is 0 Å². The number of hydrogen-bond acceptors (Lipinski definition) is 2. The van der Waals surface area contributed by atoms with Crippen molar-refractivity contribution in [2.24, 2.45) is 5.92 Å². The minimum atomic E-state index is 0.799. The van der Waals surface area contributed by atoms with E-state index in [0.29, 0.717) is 0 Å². The Balaban J connectivity index is 1.78. The predicted molar refractivity (Wildman–Crippen MR) is 69.7 cm³/mol. The minimum Gasteiger partial charge on any atom is -0.312 e. The van der Waals surface area contributed by atoms with Crippen LogP contribution in [0.4, 0.5) is 0 Å². The van der Waals surface area contributed by atoms with Crippen molar-refractivity contribution >= 4 is 0 Å². The third-order valence-electron chi connectivity index (χ3n) is 4.05. The monoisotopic (exact) mass is 224 g/mol. The van der Waals surface area contributed by atoms with E-state index in [9.17, 15) is 0 Å². The fraction of sp³-hybridized carbons (Fsp3) is 1.00. The highest BCUT2D eigenvalue weighted by Crippen LogP contribution is 2.22. The van der Waals surface area contributed by atoms with Crippen LogP contribution in [0.25, 0.3) is 0 Å². The molecule has 0 amide bonds. The average Bonchev–Trinajstić information content (AvgIpc) is 3.08. The molecule has 2 aliphatic rings. The first-order valence-electron chi connectivity index (χ1n) is 7.27. The minimum absolute atomic E-state index is 0.799. The highest BCUT2D eigenvalue weighted by molar-refractivity contribution is 4.85. The first-order chi connectivity index (χ1) is 7.79. The first kappa shape index (κ1) is 12.4. The molecule has 0 aromatic carbocycles. The van der Waals surface area contributed by atoms with Gasteiger partial charge in [0.15, 0.2) is 0 Å². The summed E-state index contributed by atoms with van der Waals surface area (Å²) in [4.78, 5) is 2.74. The molecule has 94 valence electrons. The molecule has 2 atom stereocenters. The Morgan fingerprint density at radius 1 is 1.31 bits per heavy atom. The molecule has 1 aliphatic heterocycles. The second kappa shape index (κ2) is 6.02. The molecule has 1 N–H and O–H groups in total.